The van der Waals surface area contributed by atoms with Gasteiger partial charge in [-0.3, -0.25) is 4.90 Å². The van der Waals surface area contributed by atoms with Crippen molar-refractivity contribution < 1.29 is 9.57 Å². The first kappa shape index (κ1) is 9.92. The smallest absolute Gasteiger partial charge is 0.0694 e. The minimum atomic E-state index is 0.786. The van der Waals surface area contributed by atoms with Gasteiger partial charge in [0.05, 0.1) is 19.8 Å². The van der Waals surface area contributed by atoms with Gasteiger partial charge >= 0.3 is 0 Å². The first-order chi connectivity index (χ1) is 5.93. The van der Waals surface area contributed by atoms with E-state index in [9.17, 15) is 0 Å². The van der Waals surface area contributed by atoms with Crippen molar-refractivity contribution in [3.8, 4) is 0 Å². The van der Waals surface area contributed by atoms with Crippen LogP contribution in [0.3, 0.4) is 0 Å². The van der Waals surface area contributed by atoms with Crippen LogP contribution in [0, 0.1) is 0 Å². The zero-order chi connectivity index (χ0) is 8.65. The average Bonchev–Trinajstić information content (AvgIpc) is 2.14. The highest BCUT2D eigenvalue weighted by Crippen LogP contribution is 1.97. The SMILES string of the molecule is CNOCCCN1CCOCC1. The third kappa shape index (κ3) is 4.01. The fourth-order valence-corrected chi connectivity index (χ4v) is 1.29. The summed E-state index contributed by atoms with van der Waals surface area (Å²) in [5.41, 5.74) is 2.66. The maximum absolute atomic E-state index is 5.24. The van der Waals surface area contributed by atoms with Crippen molar-refractivity contribution in [2.24, 2.45) is 0 Å². The molecule has 72 valence electrons. The predicted molar refractivity (Wildman–Crippen MR) is 46.9 cm³/mol. The Balaban J connectivity index is 1.91. The Bertz CT molecular complexity index is 105. The second-order valence-corrected chi connectivity index (χ2v) is 2.86. The van der Waals surface area contributed by atoms with E-state index in [-0.39, 0.29) is 0 Å². The second kappa shape index (κ2) is 6.37. The van der Waals surface area contributed by atoms with Crippen molar-refractivity contribution >= 4 is 0 Å². The molecule has 0 radical (unpaired) electrons. The van der Waals surface area contributed by atoms with Gasteiger partial charge in [0.15, 0.2) is 0 Å². The molecule has 1 heterocycles. The maximum atomic E-state index is 5.24. The molecule has 0 bridgehead atoms. The molecule has 0 aromatic heterocycles. The number of nitrogens with one attached hydrogen (secondary N) is 1. The molecular formula is C8H18N2O2. The van der Waals surface area contributed by atoms with E-state index >= 15 is 0 Å². The Labute approximate surface area is 73.8 Å². The summed E-state index contributed by atoms with van der Waals surface area (Å²) in [4.78, 5) is 7.42. The van der Waals surface area contributed by atoms with Gasteiger partial charge in [0.2, 0.25) is 0 Å². The Kier molecular flexibility index (Phi) is 5.27. The van der Waals surface area contributed by atoms with E-state index in [1.807, 2.05) is 0 Å². The van der Waals surface area contributed by atoms with Crippen molar-refractivity contribution in [1.29, 1.82) is 0 Å². The van der Waals surface area contributed by atoms with Crippen LogP contribution in [0.5, 0.6) is 0 Å². The number of nitrogens with zero attached hydrogens (tertiary/aromatic N) is 1. The van der Waals surface area contributed by atoms with Crippen LogP contribution >= 0.6 is 0 Å². The van der Waals surface area contributed by atoms with Crippen molar-refractivity contribution in [2.45, 2.75) is 6.42 Å². The van der Waals surface area contributed by atoms with Crippen LogP contribution in [0.2, 0.25) is 0 Å². The summed E-state index contributed by atoms with van der Waals surface area (Å²) in [7, 11) is 1.79. The van der Waals surface area contributed by atoms with Crippen molar-refractivity contribution in [1.82, 2.24) is 10.4 Å². The van der Waals surface area contributed by atoms with Crippen LogP contribution in [0.4, 0.5) is 0 Å². The number of rotatable bonds is 5. The summed E-state index contributed by atoms with van der Waals surface area (Å²) in [5.74, 6) is 0. The molecule has 0 aromatic rings. The minimum Gasteiger partial charge on any atom is -0.379 e. The molecule has 0 spiro atoms. The molecule has 0 aliphatic carbocycles. The van der Waals surface area contributed by atoms with E-state index in [1.165, 1.54) is 0 Å². The molecule has 1 fully saturated rings. The molecule has 4 nitrogen and oxygen atoms in total. The van der Waals surface area contributed by atoms with Gasteiger partial charge in [-0.05, 0) is 6.42 Å². The molecule has 1 aliphatic heterocycles. The number of hydroxylamine groups is 1. The van der Waals surface area contributed by atoms with Crippen LogP contribution in [0.1, 0.15) is 6.42 Å². The lowest BCUT2D eigenvalue weighted by molar-refractivity contribution is 0.0214. The zero-order valence-corrected chi connectivity index (χ0v) is 7.71. The fraction of sp³-hybridized carbons (Fsp3) is 1.00. The molecule has 1 N–H and O–H groups in total. The molecule has 0 saturated carbocycles. The largest absolute Gasteiger partial charge is 0.379 e. The quantitative estimate of drug-likeness (QED) is 0.464. The van der Waals surface area contributed by atoms with Gasteiger partial charge in [-0.1, -0.05) is 0 Å². The van der Waals surface area contributed by atoms with Crippen molar-refractivity contribution in [3.63, 3.8) is 0 Å². The highest BCUT2D eigenvalue weighted by molar-refractivity contribution is 4.60. The van der Waals surface area contributed by atoms with E-state index in [0.29, 0.717) is 0 Å². The van der Waals surface area contributed by atoms with E-state index in [4.69, 9.17) is 9.57 Å². The van der Waals surface area contributed by atoms with Gasteiger partial charge in [-0.25, -0.2) is 5.48 Å². The molecule has 1 aliphatic rings. The van der Waals surface area contributed by atoms with Crippen LogP contribution in [-0.2, 0) is 9.57 Å². The summed E-state index contributed by atoms with van der Waals surface area (Å²) < 4.78 is 5.24. The standard InChI is InChI=1S/C8H18N2O2/c1-9-12-6-2-3-10-4-7-11-8-5-10/h9H,2-8H2,1H3. The molecule has 1 rings (SSSR count). The monoisotopic (exact) mass is 174 g/mol. The third-order valence-electron chi connectivity index (χ3n) is 1.97. The molecule has 0 aromatic carbocycles. The molecular weight excluding hydrogens is 156 g/mol. The van der Waals surface area contributed by atoms with Crippen molar-refractivity contribution in [3.05, 3.63) is 0 Å². The van der Waals surface area contributed by atoms with Gasteiger partial charge in [0.25, 0.3) is 0 Å². The predicted octanol–water partition coefficient (Wildman–Crippen LogP) is -0.140. The van der Waals surface area contributed by atoms with E-state index < -0.39 is 0 Å². The average molecular weight is 174 g/mol. The number of hydrogen-bond donors (Lipinski definition) is 1. The molecule has 12 heavy (non-hydrogen) atoms. The third-order valence-corrected chi connectivity index (χ3v) is 1.97. The van der Waals surface area contributed by atoms with Crippen molar-refractivity contribution in [2.75, 3.05) is 46.5 Å². The number of ether oxygens (including phenoxy) is 1. The Hall–Kier alpha value is -0.160. The first-order valence-corrected chi connectivity index (χ1v) is 4.52. The summed E-state index contributed by atoms with van der Waals surface area (Å²) in [5, 5.41) is 0. The second-order valence-electron chi connectivity index (χ2n) is 2.86. The van der Waals surface area contributed by atoms with E-state index in [2.05, 4.69) is 10.4 Å². The lowest BCUT2D eigenvalue weighted by Crippen LogP contribution is -2.37. The maximum Gasteiger partial charge on any atom is 0.0694 e. The van der Waals surface area contributed by atoms with Gasteiger partial charge in [-0.2, -0.15) is 0 Å². The Morgan fingerprint density at radius 2 is 2.17 bits per heavy atom. The van der Waals surface area contributed by atoms with E-state index in [0.717, 1.165) is 45.9 Å². The summed E-state index contributed by atoms with van der Waals surface area (Å²) in [6.07, 6.45) is 1.08. The fourth-order valence-electron chi connectivity index (χ4n) is 1.29. The Morgan fingerprint density at radius 3 is 2.83 bits per heavy atom. The van der Waals surface area contributed by atoms with Gasteiger partial charge in [0.1, 0.15) is 0 Å². The van der Waals surface area contributed by atoms with Gasteiger partial charge < -0.3 is 9.57 Å². The molecule has 0 amide bonds. The van der Waals surface area contributed by atoms with Crippen LogP contribution in [0.25, 0.3) is 0 Å². The highest BCUT2D eigenvalue weighted by Gasteiger charge is 2.08. The summed E-state index contributed by atoms with van der Waals surface area (Å²) in [6, 6.07) is 0. The van der Waals surface area contributed by atoms with Gasteiger partial charge in [0, 0.05) is 26.7 Å². The van der Waals surface area contributed by atoms with Gasteiger partial charge in [-0.15, -0.1) is 0 Å². The highest BCUT2D eigenvalue weighted by atomic mass is 16.6. The van der Waals surface area contributed by atoms with E-state index in [1.54, 1.807) is 7.05 Å². The number of hydrogen-bond acceptors (Lipinski definition) is 4. The summed E-state index contributed by atoms with van der Waals surface area (Å²) >= 11 is 0. The number of morpholine rings is 1. The van der Waals surface area contributed by atoms with Crippen LogP contribution in [0.15, 0.2) is 0 Å². The summed E-state index contributed by atoms with van der Waals surface area (Å²) in [6.45, 7) is 5.80. The minimum absolute atomic E-state index is 0.786. The topological polar surface area (TPSA) is 33.7 Å². The lowest BCUT2D eigenvalue weighted by atomic mass is 10.3. The lowest BCUT2D eigenvalue weighted by Gasteiger charge is -2.26. The first-order valence-electron chi connectivity index (χ1n) is 4.52. The Morgan fingerprint density at radius 1 is 1.42 bits per heavy atom. The van der Waals surface area contributed by atoms with Crippen LogP contribution < -0.4 is 5.48 Å². The van der Waals surface area contributed by atoms with Crippen LogP contribution in [-0.4, -0.2) is 51.4 Å². The zero-order valence-electron chi connectivity index (χ0n) is 7.71. The molecule has 1 saturated heterocycles. The molecule has 4 heteroatoms. The molecule has 0 unspecified atom stereocenters. The normalized spacial score (nSPS) is 19.8. The molecule has 0 atom stereocenters.